The van der Waals surface area contributed by atoms with Gasteiger partial charge in [0, 0.05) is 5.56 Å². The highest BCUT2D eigenvalue weighted by molar-refractivity contribution is 5.76. The average molecular weight is 139 g/mol. The van der Waals surface area contributed by atoms with E-state index in [1.165, 1.54) is 25.1 Å². The monoisotopic (exact) mass is 139 g/mol. The van der Waals surface area contributed by atoms with Crippen LogP contribution in [0.15, 0.2) is 18.2 Å². The third-order valence-electron chi connectivity index (χ3n) is 1.38. The van der Waals surface area contributed by atoms with Crippen molar-refractivity contribution in [2.45, 2.75) is 6.92 Å². The molecule has 0 atom stereocenters. The molecule has 0 saturated carbocycles. The number of hydrogen-bond acceptors (Lipinski definition) is 1. The van der Waals surface area contributed by atoms with Gasteiger partial charge < -0.3 is 0 Å². The molecule has 0 aromatic heterocycles. The third-order valence-corrected chi connectivity index (χ3v) is 1.38. The van der Waals surface area contributed by atoms with Crippen LogP contribution in [0.5, 0.6) is 0 Å². The van der Waals surface area contributed by atoms with Gasteiger partial charge in [0.25, 0.3) is 0 Å². The lowest BCUT2D eigenvalue weighted by Crippen LogP contribution is -1.88. The highest BCUT2D eigenvalue weighted by Gasteiger charge is 1.99. The molecular weight excluding hydrogens is 131 g/mol. The zero-order valence-electron chi connectivity index (χ0n) is 6.52. The van der Waals surface area contributed by atoms with Crippen molar-refractivity contribution in [1.29, 1.82) is 0 Å². The van der Waals surface area contributed by atoms with E-state index < -0.39 is 12.1 Å². The molecule has 0 saturated heterocycles. The van der Waals surface area contributed by atoms with E-state index in [1.807, 2.05) is 0 Å². The standard InChI is InChI=1S/C8H7FO/c1-6-7(5-10)3-2-4-8(6)9/h2-5H,1H3/i5D. The molecule has 0 radical (unpaired) electrons. The molecule has 0 aliphatic rings. The Morgan fingerprint density at radius 1 is 1.70 bits per heavy atom. The minimum Gasteiger partial charge on any atom is -0.298 e. The fraction of sp³-hybridized carbons (Fsp3) is 0.125. The van der Waals surface area contributed by atoms with Crippen molar-refractivity contribution in [2.24, 2.45) is 0 Å². The summed E-state index contributed by atoms with van der Waals surface area (Å²) in [4.78, 5) is 10.5. The van der Waals surface area contributed by atoms with Crippen molar-refractivity contribution < 1.29 is 10.6 Å². The van der Waals surface area contributed by atoms with Crippen molar-refractivity contribution in [2.75, 3.05) is 0 Å². The van der Waals surface area contributed by atoms with E-state index >= 15 is 0 Å². The summed E-state index contributed by atoms with van der Waals surface area (Å²) in [6.07, 6.45) is -0.845. The zero-order valence-corrected chi connectivity index (χ0v) is 5.52. The van der Waals surface area contributed by atoms with Gasteiger partial charge in [-0.3, -0.25) is 4.79 Å². The van der Waals surface area contributed by atoms with Crippen molar-refractivity contribution >= 4 is 6.26 Å². The lowest BCUT2D eigenvalue weighted by atomic mass is 10.1. The first-order chi connectivity index (χ1) is 5.13. The molecule has 1 aromatic carbocycles. The highest BCUT2D eigenvalue weighted by atomic mass is 19.1. The summed E-state index contributed by atoms with van der Waals surface area (Å²) in [5.41, 5.74) is 0.373. The molecule has 2 heteroatoms. The molecule has 0 spiro atoms. The molecule has 10 heavy (non-hydrogen) atoms. The first kappa shape index (κ1) is 5.59. The molecule has 1 aromatic rings. The van der Waals surface area contributed by atoms with E-state index in [1.54, 1.807) is 0 Å². The van der Waals surface area contributed by atoms with Gasteiger partial charge in [-0.25, -0.2) is 4.39 Å². The Morgan fingerprint density at radius 2 is 2.40 bits per heavy atom. The van der Waals surface area contributed by atoms with Crippen molar-refractivity contribution in [3.63, 3.8) is 0 Å². The van der Waals surface area contributed by atoms with Gasteiger partial charge in [0.05, 0.1) is 0 Å². The fourth-order valence-corrected chi connectivity index (χ4v) is 0.718. The number of hydrogen-bond donors (Lipinski definition) is 0. The molecule has 0 bridgehead atoms. The number of rotatable bonds is 1. The maximum atomic E-state index is 12.7. The van der Waals surface area contributed by atoms with Crippen molar-refractivity contribution in [3.8, 4) is 0 Å². The molecule has 1 nitrogen and oxygen atoms in total. The van der Waals surface area contributed by atoms with Gasteiger partial charge in [0.1, 0.15) is 13.5 Å². The number of aldehydes is 1. The zero-order chi connectivity index (χ0) is 8.43. The summed E-state index contributed by atoms with van der Waals surface area (Å²) >= 11 is 0. The molecule has 0 heterocycles. The quantitative estimate of drug-likeness (QED) is 0.543. The fourth-order valence-electron chi connectivity index (χ4n) is 0.718. The minimum absolute atomic E-state index is 0.130. The van der Waals surface area contributed by atoms with Crippen LogP contribution in [0.4, 0.5) is 4.39 Å². The van der Waals surface area contributed by atoms with Crippen LogP contribution in [0.1, 0.15) is 17.3 Å². The molecule has 0 unspecified atom stereocenters. The number of carbonyl (C=O) groups excluding carboxylic acids is 1. The van der Waals surface area contributed by atoms with Crippen LogP contribution in [0.25, 0.3) is 0 Å². The Hall–Kier alpha value is -1.18. The largest absolute Gasteiger partial charge is 0.298 e. The Morgan fingerprint density at radius 3 is 2.90 bits per heavy atom. The Balaban J connectivity index is 3.27. The van der Waals surface area contributed by atoms with Crippen LogP contribution in [0.2, 0.25) is 0 Å². The summed E-state index contributed by atoms with van der Waals surface area (Å²) in [5, 5.41) is 0. The van der Waals surface area contributed by atoms with Crippen LogP contribution >= 0.6 is 0 Å². The maximum Gasteiger partial charge on any atom is 0.150 e. The van der Waals surface area contributed by atoms with E-state index in [9.17, 15) is 9.18 Å². The van der Waals surface area contributed by atoms with E-state index in [2.05, 4.69) is 0 Å². The van der Waals surface area contributed by atoms with E-state index in [0.717, 1.165) is 0 Å². The minimum atomic E-state index is -0.845. The van der Waals surface area contributed by atoms with Crippen LogP contribution in [-0.2, 0) is 0 Å². The lowest BCUT2D eigenvalue weighted by molar-refractivity contribution is 0.112. The van der Waals surface area contributed by atoms with Gasteiger partial charge in [-0.05, 0) is 18.6 Å². The van der Waals surface area contributed by atoms with Gasteiger partial charge in [0.2, 0.25) is 0 Å². The molecular formula is C8H7FO. The second-order valence-electron chi connectivity index (χ2n) is 2.01. The van der Waals surface area contributed by atoms with Gasteiger partial charge in [0.15, 0.2) is 0 Å². The first-order valence-corrected chi connectivity index (χ1v) is 2.89. The third kappa shape index (κ3) is 1.05. The molecule has 1 rings (SSSR count). The summed E-state index contributed by atoms with van der Waals surface area (Å²) in [6, 6.07) is 4.12. The van der Waals surface area contributed by atoms with Crippen LogP contribution in [0.3, 0.4) is 0 Å². The van der Waals surface area contributed by atoms with Gasteiger partial charge in [-0.1, -0.05) is 12.1 Å². The predicted molar refractivity (Wildman–Crippen MR) is 36.5 cm³/mol. The van der Waals surface area contributed by atoms with Crippen LogP contribution < -0.4 is 0 Å². The van der Waals surface area contributed by atoms with Crippen molar-refractivity contribution in [1.82, 2.24) is 0 Å². The molecule has 0 N–H and O–H groups in total. The topological polar surface area (TPSA) is 17.1 Å². The molecule has 52 valence electrons. The smallest absolute Gasteiger partial charge is 0.150 e. The number of carbonyl (C=O) groups is 1. The van der Waals surface area contributed by atoms with Crippen LogP contribution in [0, 0.1) is 12.7 Å². The summed E-state index contributed by atoms with van der Waals surface area (Å²) in [6.45, 7) is 1.48. The normalized spacial score (nSPS) is 10.8. The van der Waals surface area contributed by atoms with Crippen molar-refractivity contribution in [3.05, 3.63) is 35.1 Å². The average Bonchev–Trinajstić information content (AvgIpc) is 1.94. The SMILES string of the molecule is [2H]C(=O)c1cccc(F)c1C. The Labute approximate surface area is 59.9 Å². The number of benzene rings is 1. The van der Waals surface area contributed by atoms with E-state index in [0.29, 0.717) is 0 Å². The molecule has 0 aliphatic heterocycles. The summed E-state index contributed by atoms with van der Waals surface area (Å²) in [5.74, 6) is -0.442. The van der Waals surface area contributed by atoms with Crippen LogP contribution in [-0.4, -0.2) is 6.26 Å². The lowest BCUT2D eigenvalue weighted by Gasteiger charge is -1.96. The van der Waals surface area contributed by atoms with E-state index in [-0.39, 0.29) is 11.1 Å². The second kappa shape index (κ2) is 2.60. The first-order valence-electron chi connectivity index (χ1n) is 3.39. The summed E-state index contributed by atoms with van der Waals surface area (Å²) in [7, 11) is 0. The van der Waals surface area contributed by atoms with Gasteiger partial charge >= 0.3 is 0 Å². The molecule has 0 amide bonds. The Bertz CT molecular complexity index is 296. The maximum absolute atomic E-state index is 12.7. The second-order valence-corrected chi connectivity index (χ2v) is 2.01. The molecule has 0 aliphatic carbocycles. The van der Waals surface area contributed by atoms with E-state index in [4.69, 9.17) is 1.37 Å². The summed E-state index contributed by atoms with van der Waals surface area (Å²) < 4.78 is 19.5. The van der Waals surface area contributed by atoms with Gasteiger partial charge in [-0.15, -0.1) is 0 Å². The molecule has 0 fully saturated rings. The van der Waals surface area contributed by atoms with Gasteiger partial charge in [-0.2, -0.15) is 0 Å². The predicted octanol–water partition coefficient (Wildman–Crippen LogP) is 1.95. The Kier molecular flexibility index (Phi) is 1.46. The highest BCUT2D eigenvalue weighted by Crippen LogP contribution is 2.08. The number of halogens is 1.